The van der Waals surface area contributed by atoms with Crippen LogP contribution in [0.15, 0.2) is 48.5 Å². The minimum atomic E-state index is -0.586. The van der Waals surface area contributed by atoms with Crippen molar-refractivity contribution in [2.45, 2.75) is 19.8 Å². The van der Waals surface area contributed by atoms with Crippen LogP contribution in [0.3, 0.4) is 0 Å². The van der Waals surface area contributed by atoms with E-state index in [2.05, 4.69) is 10.9 Å². The minimum Gasteiger partial charge on any atom is -0.493 e. The van der Waals surface area contributed by atoms with Gasteiger partial charge >= 0.3 is 0 Å². The molecule has 8 heteroatoms. The van der Waals surface area contributed by atoms with Crippen molar-refractivity contribution in [1.82, 2.24) is 10.9 Å². The third-order valence-electron chi connectivity index (χ3n) is 3.52. The molecule has 0 aliphatic rings. The molecule has 0 saturated heterocycles. The molecule has 0 bridgehead atoms. The Morgan fingerprint density at radius 2 is 1.69 bits per heavy atom. The lowest BCUT2D eigenvalue weighted by Crippen LogP contribution is -2.41. The number of nitro benzene ring substituents is 1. The minimum absolute atomic E-state index is 0.122. The Kier molecular flexibility index (Phi) is 6.67. The number of carbonyl (C=O) groups excluding carboxylic acids is 2. The van der Waals surface area contributed by atoms with Gasteiger partial charge in [0.25, 0.3) is 17.5 Å². The van der Waals surface area contributed by atoms with Gasteiger partial charge in [0, 0.05) is 17.7 Å². The van der Waals surface area contributed by atoms with E-state index in [9.17, 15) is 19.7 Å². The quantitative estimate of drug-likeness (QED) is 0.450. The Hall–Kier alpha value is -3.42. The van der Waals surface area contributed by atoms with Gasteiger partial charge in [0.2, 0.25) is 0 Å². The van der Waals surface area contributed by atoms with Gasteiger partial charge in [-0.3, -0.25) is 30.6 Å². The number of rotatable bonds is 7. The molecule has 0 saturated carbocycles. The number of benzene rings is 2. The fraction of sp³-hybridized carbons (Fsp3) is 0.222. The molecule has 2 aromatic carbocycles. The summed E-state index contributed by atoms with van der Waals surface area (Å²) in [5.74, 6) is -0.673. The van der Waals surface area contributed by atoms with Crippen molar-refractivity contribution in [2.75, 3.05) is 6.61 Å². The summed E-state index contributed by atoms with van der Waals surface area (Å²) in [4.78, 5) is 34.4. The van der Waals surface area contributed by atoms with E-state index in [-0.39, 0.29) is 11.3 Å². The first-order valence-electron chi connectivity index (χ1n) is 8.10. The zero-order valence-electron chi connectivity index (χ0n) is 14.2. The summed E-state index contributed by atoms with van der Waals surface area (Å²) < 4.78 is 5.59. The zero-order valence-corrected chi connectivity index (χ0v) is 14.2. The predicted octanol–water partition coefficient (Wildman–Crippen LogP) is 2.85. The van der Waals surface area contributed by atoms with Crippen LogP contribution < -0.4 is 15.6 Å². The van der Waals surface area contributed by atoms with Crippen molar-refractivity contribution >= 4 is 17.5 Å². The van der Waals surface area contributed by atoms with Gasteiger partial charge in [0.1, 0.15) is 5.75 Å². The number of unbranched alkanes of at least 4 members (excludes halogenated alkanes) is 1. The van der Waals surface area contributed by atoms with E-state index < -0.39 is 16.7 Å². The van der Waals surface area contributed by atoms with Gasteiger partial charge in [0.15, 0.2) is 0 Å². The van der Waals surface area contributed by atoms with Gasteiger partial charge in [-0.1, -0.05) is 25.5 Å². The molecular weight excluding hydrogens is 338 g/mol. The third kappa shape index (κ3) is 5.04. The van der Waals surface area contributed by atoms with Gasteiger partial charge in [-0.15, -0.1) is 0 Å². The van der Waals surface area contributed by atoms with Crippen molar-refractivity contribution in [1.29, 1.82) is 0 Å². The molecule has 0 aliphatic heterocycles. The lowest BCUT2D eigenvalue weighted by atomic mass is 10.2. The molecule has 0 aromatic heterocycles. The van der Waals surface area contributed by atoms with Crippen LogP contribution in [0.5, 0.6) is 5.75 Å². The first-order chi connectivity index (χ1) is 12.5. The molecule has 2 amide bonds. The highest BCUT2D eigenvalue weighted by molar-refractivity contribution is 6.00. The number of hydrazine groups is 1. The molecule has 0 atom stereocenters. The van der Waals surface area contributed by atoms with Gasteiger partial charge in [-0.25, -0.2) is 0 Å². The summed E-state index contributed by atoms with van der Waals surface area (Å²) in [5.41, 5.74) is 4.95. The van der Waals surface area contributed by atoms with Gasteiger partial charge in [0.05, 0.1) is 17.1 Å². The van der Waals surface area contributed by atoms with E-state index in [1.807, 2.05) is 6.92 Å². The number of hydrogen-bond acceptors (Lipinski definition) is 5. The third-order valence-corrected chi connectivity index (χ3v) is 3.52. The maximum Gasteiger partial charge on any atom is 0.273 e. The monoisotopic (exact) mass is 357 g/mol. The lowest BCUT2D eigenvalue weighted by Gasteiger charge is -2.12. The number of para-hydroxylation sites is 1. The molecule has 0 radical (unpaired) electrons. The Balaban J connectivity index is 1.97. The highest BCUT2D eigenvalue weighted by Crippen LogP contribution is 2.18. The van der Waals surface area contributed by atoms with E-state index in [1.54, 1.807) is 24.3 Å². The van der Waals surface area contributed by atoms with Crippen LogP contribution in [-0.4, -0.2) is 23.3 Å². The first-order valence-corrected chi connectivity index (χ1v) is 8.10. The second-order valence-corrected chi connectivity index (χ2v) is 5.41. The summed E-state index contributed by atoms with van der Waals surface area (Å²) >= 11 is 0. The average Bonchev–Trinajstić information content (AvgIpc) is 2.66. The number of ether oxygens (including phenoxy) is 1. The van der Waals surface area contributed by atoms with Crippen LogP contribution in [0.4, 0.5) is 5.69 Å². The van der Waals surface area contributed by atoms with E-state index in [0.29, 0.717) is 17.9 Å². The van der Waals surface area contributed by atoms with Gasteiger partial charge in [-0.2, -0.15) is 0 Å². The van der Waals surface area contributed by atoms with Gasteiger partial charge in [-0.05, 0) is 30.7 Å². The number of non-ortho nitro benzene ring substituents is 1. The Labute approximate surface area is 150 Å². The summed E-state index contributed by atoms with van der Waals surface area (Å²) in [6, 6.07) is 11.8. The lowest BCUT2D eigenvalue weighted by molar-refractivity contribution is -0.384. The molecule has 136 valence electrons. The predicted molar refractivity (Wildman–Crippen MR) is 94.9 cm³/mol. The maximum absolute atomic E-state index is 12.3. The second-order valence-electron chi connectivity index (χ2n) is 5.41. The Bertz CT molecular complexity index is 790. The second kappa shape index (κ2) is 9.16. The fourth-order valence-electron chi connectivity index (χ4n) is 2.09. The normalized spacial score (nSPS) is 10.0. The van der Waals surface area contributed by atoms with Crippen molar-refractivity contribution in [3.8, 4) is 5.75 Å². The molecule has 0 heterocycles. The molecule has 2 N–H and O–H groups in total. The molecule has 8 nitrogen and oxygen atoms in total. The van der Waals surface area contributed by atoms with Crippen LogP contribution >= 0.6 is 0 Å². The number of nitrogens with zero attached hydrogens (tertiary/aromatic N) is 1. The number of carbonyl (C=O) groups is 2. The van der Waals surface area contributed by atoms with Crippen molar-refractivity contribution in [3.63, 3.8) is 0 Å². The van der Waals surface area contributed by atoms with Crippen LogP contribution in [0, 0.1) is 10.1 Å². The smallest absolute Gasteiger partial charge is 0.273 e. The van der Waals surface area contributed by atoms with Crippen LogP contribution in [0.2, 0.25) is 0 Å². The van der Waals surface area contributed by atoms with E-state index >= 15 is 0 Å². The van der Waals surface area contributed by atoms with Crippen molar-refractivity contribution < 1.29 is 19.2 Å². The topological polar surface area (TPSA) is 111 Å². The largest absolute Gasteiger partial charge is 0.493 e. The SMILES string of the molecule is CCCCOc1ccccc1C(=O)NNC(=O)c1ccc([N+](=O)[O-])cc1. The van der Waals surface area contributed by atoms with E-state index in [1.165, 1.54) is 24.3 Å². The Morgan fingerprint density at radius 3 is 2.35 bits per heavy atom. The number of nitro groups is 1. The summed E-state index contributed by atoms with van der Waals surface area (Å²) in [6.45, 7) is 2.53. The Morgan fingerprint density at radius 1 is 1.04 bits per heavy atom. The first kappa shape index (κ1) is 18.9. The number of amides is 2. The molecule has 0 fully saturated rings. The maximum atomic E-state index is 12.3. The standard InChI is InChI=1S/C18H19N3O5/c1-2-3-12-26-16-7-5-4-6-15(16)18(23)20-19-17(22)13-8-10-14(11-9-13)21(24)25/h4-11H,2-3,12H2,1H3,(H,19,22)(H,20,23). The molecule has 2 rings (SSSR count). The summed E-state index contributed by atoms with van der Waals surface area (Å²) in [6.07, 6.45) is 1.84. The molecular formula is C18H19N3O5. The van der Waals surface area contributed by atoms with Crippen molar-refractivity contribution in [2.24, 2.45) is 0 Å². The van der Waals surface area contributed by atoms with Crippen molar-refractivity contribution in [3.05, 3.63) is 69.8 Å². The van der Waals surface area contributed by atoms with Crippen LogP contribution in [-0.2, 0) is 0 Å². The molecule has 0 unspecified atom stereocenters. The summed E-state index contributed by atoms with van der Waals surface area (Å²) in [7, 11) is 0. The highest BCUT2D eigenvalue weighted by Gasteiger charge is 2.14. The molecule has 0 aliphatic carbocycles. The highest BCUT2D eigenvalue weighted by atomic mass is 16.6. The summed E-state index contributed by atoms with van der Waals surface area (Å²) in [5, 5.41) is 10.6. The van der Waals surface area contributed by atoms with Crippen LogP contribution in [0.1, 0.15) is 40.5 Å². The van der Waals surface area contributed by atoms with E-state index in [4.69, 9.17) is 4.74 Å². The number of hydrogen-bond donors (Lipinski definition) is 2. The fourth-order valence-corrected chi connectivity index (χ4v) is 2.09. The molecule has 26 heavy (non-hydrogen) atoms. The zero-order chi connectivity index (χ0) is 18.9. The van der Waals surface area contributed by atoms with Crippen LogP contribution in [0.25, 0.3) is 0 Å². The molecule has 2 aromatic rings. The molecule has 0 spiro atoms. The van der Waals surface area contributed by atoms with E-state index in [0.717, 1.165) is 12.8 Å². The van der Waals surface area contributed by atoms with Gasteiger partial charge < -0.3 is 4.74 Å². The number of nitrogens with one attached hydrogen (secondary N) is 2. The average molecular weight is 357 g/mol.